The van der Waals surface area contributed by atoms with E-state index in [1.54, 1.807) is 7.11 Å². The zero-order chi connectivity index (χ0) is 14.6. The van der Waals surface area contributed by atoms with E-state index in [1.165, 1.54) is 0 Å². The summed E-state index contributed by atoms with van der Waals surface area (Å²) in [6.07, 6.45) is 0.654. The van der Waals surface area contributed by atoms with Crippen molar-refractivity contribution in [2.45, 2.75) is 32.2 Å². The monoisotopic (exact) mass is 285 g/mol. The lowest BCUT2D eigenvalue weighted by Gasteiger charge is -2.27. The Morgan fingerprint density at radius 2 is 1.84 bits per heavy atom. The van der Waals surface area contributed by atoms with Gasteiger partial charge in [0.1, 0.15) is 5.75 Å². The third-order valence-corrected chi connectivity index (χ3v) is 3.54. The minimum absolute atomic E-state index is 0.0937. The SMILES string of the molecule is COc1c(C(C)C)cc(Cl)cc1C(CCO)N(C)C. The fourth-order valence-corrected chi connectivity index (χ4v) is 2.60. The molecule has 0 radical (unpaired) electrons. The average Bonchev–Trinajstić information content (AvgIpc) is 2.34. The minimum Gasteiger partial charge on any atom is -0.496 e. The molecule has 1 aromatic carbocycles. The largest absolute Gasteiger partial charge is 0.496 e. The summed E-state index contributed by atoms with van der Waals surface area (Å²) in [4.78, 5) is 2.08. The van der Waals surface area contributed by atoms with E-state index in [0.29, 0.717) is 17.4 Å². The fourth-order valence-electron chi connectivity index (χ4n) is 2.36. The lowest BCUT2D eigenvalue weighted by Crippen LogP contribution is -2.22. The van der Waals surface area contributed by atoms with Crippen LogP contribution in [-0.4, -0.2) is 37.8 Å². The zero-order valence-electron chi connectivity index (χ0n) is 12.4. The van der Waals surface area contributed by atoms with E-state index in [2.05, 4.69) is 18.7 Å². The van der Waals surface area contributed by atoms with Crippen molar-refractivity contribution in [1.82, 2.24) is 4.90 Å². The number of benzene rings is 1. The molecule has 19 heavy (non-hydrogen) atoms. The second-order valence-electron chi connectivity index (χ2n) is 5.26. The molecule has 1 aromatic rings. The summed E-state index contributed by atoms with van der Waals surface area (Å²) in [6.45, 7) is 4.37. The van der Waals surface area contributed by atoms with Crippen LogP contribution in [0.4, 0.5) is 0 Å². The molecule has 0 saturated heterocycles. The van der Waals surface area contributed by atoms with E-state index in [0.717, 1.165) is 16.9 Å². The second-order valence-corrected chi connectivity index (χ2v) is 5.70. The van der Waals surface area contributed by atoms with Gasteiger partial charge in [-0.05, 0) is 44.1 Å². The number of rotatable bonds is 6. The van der Waals surface area contributed by atoms with Crippen molar-refractivity contribution in [2.75, 3.05) is 27.8 Å². The Hall–Kier alpha value is -0.770. The first-order valence-corrected chi connectivity index (χ1v) is 6.94. The standard InChI is InChI=1S/C15H24ClNO2/c1-10(2)12-8-11(16)9-13(15(12)19-5)14(6-7-18)17(3)4/h8-10,14,18H,6-7H2,1-5H3. The summed E-state index contributed by atoms with van der Waals surface area (Å²) < 4.78 is 5.60. The van der Waals surface area contributed by atoms with Crippen LogP contribution in [0.1, 0.15) is 43.4 Å². The molecule has 4 heteroatoms. The van der Waals surface area contributed by atoms with Gasteiger partial charge in [-0.15, -0.1) is 0 Å². The molecule has 1 unspecified atom stereocenters. The van der Waals surface area contributed by atoms with E-state index in [4.69, 9.17) is 16.3 Å². The summed E-state index contributed by atoms with van der Waals surface area (Å²) in [6, 6.07) is 3.99. The zero-order valence-corrected chi connectivity index (χ0v) is 13.2. The van der Waals surface area contributed by atoms with Gasteiger partial charge in [-0.1, -0.05) is 25.4 Å². The van der Waals surface area contributed by atoms with E-state index in [-0.39, 0.29) is 12.6 Å². The lowest BCUT2D eigenvalue weighted by atomic mass is 9.94. The first-order chi connectivity index (χ1) is 8.92. The molecule has 3 nitrogen and oxygen atoms in total. The Bertz CT molecular complexity index is 419. The van der Waals surface area contributed by atoms with Crippen molar-refractivity contribution in [3.63, 3.8) is 0 Å². The summed E-state index contributed by atoms with van der Waals surface area (Å²) in [5.41, 5.74) is 2.15. The van der Waals surface area contributed by atoms with Crippen molar-refractivity contribution in [2.24, 2.45) is 0 Å². The molecule has 0 amide bonds. The van der Waals surface area contributed by atoms with Crippen LogP contribution in [0, 0.1) is 0 Å². The van der Waals surface area contributed by atoms with E-state index in [9.17, 15) is 5.11 Å². The highest BCUT2D eigenvalue weighted by molar-refractivity contribution is 6.30. The van der Waals surface area contributed by atoms with Crippen LogP contribution in [0.5, 0.6) is 5.75 Å². The predicted octanol–water partition coefficient (Wildman–Crippen LogP) is 3.46. The second kappa shape index (κ2) is 7.13. The highest BCUT2D eigenvalue weighted by Crippen LogP contribution is 2.38. The third kappa shape index (κ3) is 3.85. The lowest BCUT2D eigenvalue weighted by molar-refractivity contribution is 0.207. The number of halogens is 1. The van der Waals surface area contributed by atoms with Crippen LogP contribution < -0.4 is 4.74 Å². The normalized spacial score (nSPS) is 13.1. The first-order valence-electron chi connectivity index (χ1n) is 6.57. The number of hydrogen-bond donors (Lipinski definition) is 1. The van der Waals surface area contributed by atoms with Gasteiger partial charge in [0, 0.05) is 23.2 Å². The first kappa shape index (κ1) is 16.3. The molecule has 0 bridgehead atoms. The number of ether oxygens (including phenoxy) is 1. The molecule has 0 aliphatic heterocycles. The highest BCUT2D eigenvalue weighted by atomic mass is 35.5. The van der Waals surface area contributed by atoms with Gasteiger partial charge >= 0.3 is 0 Å². The summed E-state index contributed by atoms with van der Waals surface area (Å²) in [7, 11) is 5.68. The maximum absolute atomic E-state index is 9.26. The summed E-state index contributed by atoms with van der Waals surface area (Å²) in [5.74, 6) is 1.22. The van der Waals surface area contributed by atoms with Gasteiger partial charge in [0.05, 0.1) is 7.11 Å². The molecule has 0 saturated carbocycles. The van der Waals surface area contributed by atoms with Crippen LogP contribution in [0.25, 0.3) is 0 Å². The van der Waals surface area contributed by atoms with E-state index >= 15 is 0 Å². The predicted molar refractivity (Wildman–Crippen MR) is 80.2 cm³/mol. The Balaban J connectivity index is 3.38. The molecule has 0 aliphatic rings. The van der Waals surface area contributed by atoms with Gasteiger partial charge in [0.2, 0.25) is 0 Å². The Labute approximate surface area is 121 Å². The molecular weight excluding hydrogens is 262 g/mol. The highest BCUT2D eigenvalue weighted by Gasteiger charge is 2.22. The Morgan fingerprint density at radius 1 is 1.26 bits per heavy atom. The molecular formula is C15H24ClNO2. The number of aliphatic hydroxyl groups is 1. The smallest absolute Gasteiger partial charge is 0.127 e. The van der Waals surface area contributed by atoms with Gasteiger partial charge in [-0.25, -0.2) is 0 Å². The van der Waals surface area contributed by atoms with Crippen LogP contribution >= 0.6 is 11.6 Å². The molecule has 1 atom stereocenters. The van der Waals surface area contributed by atoms with Crippen molar-refractivity contribution >= 4 is 11.6 Å². The molecule has 1 N–H and O–H groups in total. The quantitative estimate of drug-likeness (QED) is 0.869. The van der Waals surface area contributed by atoms with Gasteiger partial charge in [-0.2, -0.15) is 0 Å². The van der Waals surface area contributed by atoms with Crippen molar-refractivity contribution in [3.8, 4) is 5.75 Å². The van der Waals surface area contributed by atoms with Crippen LogP contribution in [-0.2, 0) is 0 Å². The topological polar surface area (TPSA) is 32.7 Å². The van der Waals surface area contributed by atoms with Gasteiger partial charge in [0.25, 0.3) is 0 Å². The molecule has 0 heterocycles. The molecule has 1 rings (SSSR count). The average molecular weight is 286 g/mol. The summed E-state index contributed by atoms with van der Waals surface area (Å²) in [5, 5.41) is 9.97. The van der Waals surface area contributed by atoms with Crippen LogP contribution in [0.15, 0.2) is 12.1 Å². The molecule has 0 spiro atoms. The third-order valence-electron chi connectivity index (χ3n) is 3.32. The van der Waals surface area contributed by atoms with Crippen molar-refractivity contribution < 1.29 is 9.84 Å². The Morgan fingerprint density at radius 3 is 2.26 bits per heavy atom. The molecule has 0 aliphatic carbocycles. The van der Waals surface area contributed by atoms with Crippen molar-refractivity contribution in [3.05, 3.63) is 28.3 Å². The number of nitrogens with zero attached hydrogens (tertiary/aromatic N) is 1. The van der Waals surface area contributed by atoms with Crippen molar-refractivity contribution in [1.29, 1.82) is 0 Å². The molecule has 0 aromatic heterocycles. The van der Waals surface area contributed by atoms with E-state index < -0.39 is 0 Å². The number of hydrogen-bond acceptors (Lipinski definition) is 3. The van der Waals surface area contributed by atoms with Crippen LogP contribution in [0.2, 0.25) is 5.02 Å². The molecule has 0 fully saturated rings. The summed E-state index contributed by atoms with van der Waals surface area (Å²) >= 11 is 6.24. The minimum atomic E-state index is 0.0937. The van der Waals surface area contributed by atoms with Gasteiger partial charge < -0.3 is 14.7 Å². The number of aliphatic hydroxyl groups excluding tert-OH is 1. The van der Waals surface area contributed by atoms with E-state index in [1.807, 2.05) is 26.2 Å². The molecule has 108 valence electrons. The van der Waals surface area contributed by atoms with Gasteiger partial charge in [0.15, 0.2) is 0 Å². The maximum Gasteiger partial charge on any atom is 0.127 e. The fraction of sp³-hybridized carbons (Fsp3) is 0.600. The number of methoxy groups -OCH3 is 1. The van der Waals surface area contributed by atoms with Gasteiger partial charge in [-0.3, -0.25) is 0 Å². The van der Waals surface area contributed by atoms with Crippen LogP contribution in [0.3, 0.4) is 0 Å². The Kier molecular flexibility index (Phi) is 6.11. The maximum atomic E-state index is 9.26.